The SMILES string of the molecule is CCOCCCNC(=NCC(F)(F)F)NN. The van der Waals surface area contributed by atoms with Gasteiger partial charge >= 0.3 is 6.18 Å². The Balaban J connectivity index is 3.74. The van der Waals surface area contributed by atoms with Gasteiger partial charge in [0.05, 0.1) is 0 Å². The molecule has 0 aromatic rings. The summed E-state index contributed by atoms with van der Waals surface area (Å²) < 4.78 is 40.5. The van der Waals surface area contributed by atoms with Gasteiger partial charge in [0.15, 0.2) is 0 Å². The van der Waals surface area contributed by atoms with E-state index in [-0.39, 0.29) is 5.96 Å². The quantitative estimate of drug-likeness (QED) is 0.207. The zero-order valence-electron chi connectivity index (χ0n) is 9.10. The normalized spacial score (nSPS) is 12.7. The predicted octanol–water partition coefficient (Wildman–Crippen LogP) is 0.384. The summed E-state index contributed by atoms with van der Waals surface area (Å²) in [4.78, 5) is 3.23. The van der Waals surface area contributed by atoms with Crippen LogP contribution in [0.4, 0.5) is 13.2 Å². The van der Waals surface area contributed by atoms with Crippen LogP contribution in [-0.2, 0) is 4.74 Å². The van der Waals surface area contributed by atoms with E-state index in [4.69, 9.17) is 10.6 Å². The van der Waals surface area contributed by atoms with Crippen LogP contribution in [0.1, 0.15) is 13.3 Å². The molecule has 0 aliphatic carbocycles. The molecule has 0 rings (SSSR count). The molecule has 5 nitrogen and oxygen atoms in total. The third-order valence-electron chi connectivity index (χ3n) is 1.52. The number of nitrogens with two attached hydrogens (primary N) is 1. The maximum absolute atomic E-state index is 11.8. The molecular weight excluding hydrogens is 225 g/mol. The molecule has 0 aromatic heterocycles. The highest BCUT2D eigenvalue weighted by atomic mass is 19.4. The third-order valence-corrected chi connectivity index (χ3v) is 1.52. The fraction of sp³-hybridized carbons (Fsp3) is 0.875. The van der Waals surface area contributed by atoms with Crippen molar-refractivity contribution in [2.75, 3.05) is 26.3 Å². The number of ether oxygens (including phenoxy) is 1. The van der Waals surface area contributed by atoms with Gasteiger partial charge in [-0.2, -0.15) is 13.2 Å². The van der Waals surface area contributed by atoms with Crippen LogP contribution in [0.5, 0.6) is 0 Å². The Morgan fingerprint density at radius 2 is 2.12 bits per heavy atom. The molecule has 0 spiro atoms. The van der Waals surface area contributed by atoms with Crippen molar-refractivity contribution in [2.24, 2.45) is 10.8 Å². The first-order valence-electron chi connectivity index (χ1n) is 4.89. The average molecular weight is 242 g/mol. The van der Waals surface area contributed by atoms with E-state index in [1.807, 2.05) is 6.92 Å². The van der Waals surface area contributed by atoms with Crippen molar-refractivity contribution in [2.45, 2.75) is 19.5 Å². The fourth-order valence-corrected chi connectivity index (χ4v) is 0.847. The lowest BCUT2D eigenvalue weighted by molar-refractivity contribution is -0.118. The first-order chi connectivity index (χ1) is 7.49. The summed E-state index contributed by atoms with van der Waals surface area (Å²) in [6.45, 7) is 2.21. The molecule has 0 unspecified atom stereocenters. The highest BCUT2D eigenvalue weighted by Crippen LogP contribution is 2.13. The summed E-state index contributed by atoms with van der Waals surface area (Å²) in [5.74, 6) is 4.93. The Kier molecular flexibility index (Phi) is 7.65. The van der Waals surface area contributed by atoms with Crippen LogP contribution in [0, 0.1) is 0 Å². The van der Waals surface area contributed by atoms with Crippen molar-refractivity contribution in [1.29, 1.82) is 0 Å². The second kappa shape index (κ2) is 8.17. The molecule has 0 heterocycles. The number of rotatable bonds is 6. The standard InChI is InChI=1S/C8H17F3N4O/c1-2-16-5-3-4-13-7(15-12)14-6-8(9,10)11/h2-6,12H2,1H3,(H2,13,14,15). The second-order valence-corrected chi connectivity index (χ2v) is 2.90. The largest absolute Gasteiger partial charge is 0.408 e. The number of nitrogens with one attached hydrogen (secondary N) is 2. The number of hydrazine groups is 1. The minimum absolute atomic E-state index is 0.0752. The molecule has 0 radical (unpaired) electrons. The number of nitrogens with zero attached hydrogens (tertiary/aromatic N) is 1. The van der Waals surface area contributed by atoms with E-state index in [1.165, 1.54) is 0 Å². The van der Waals surface area contributed by atoms with Crippen LogP contribution in [0.3, 0.4) is 0 Å². The Morgan fingerprint density at radius 3 is 2.62 bits per heavy atom. The summed E-state index contributed by atoms with van der Waals surface area (Å²) in [5, 5.41) is 2.63. The molecule has 0 fully saturated rings. The first kappa shape index (κ1) is 15.0. The number of guanidine groups is 1. The number of aliphatic imine (C=N–C) groups is 1. The lowest BCUT2D eigenvalue weighted by Crippen LogP contribution is -2.42. The van der Waals surface area contributed by atoms with Gasteiger partial charge in [-0.1, -0.05) is 0 Å². The van der Waals surface area contributed by atoms with Gasteiger partial charge in [-0.05, 0) is 13.3 Å². The molecule has 0 atom stereocenters. The van der Waals surface area contributed by atoms with Gasteiger partial charge in [0.2, 0.25) is 5.96 Å². The van der Waals surface area contributed by atoms with Crippen molar-refractivity contribution < 1.29 is 17.9 Å². The highest BCUT2D eigenvalue weighted by Gasteiger charge is 2.26. The zero-order valence-corrected chi connectivity index (χ0v) is 9.10. The number of halogens is 3. The lowest BCUT2D eigenvalue weighted by atomic mass is 10.4. The summed E-state index contributed by atoms with van der Waals surface area (Å²) >= 11 is 0. The van der Waals surface area contributed by atoms with Gasteiger partial charge in [0.1, 0.15) is 6.54 Å². The molecule has 16 heavy (non-hydrogen) atoms. The van der Waals surface area contributed by atoms with E-state index in [2.05, 4.69) is 15.7 Å². The third kappa shape index (κ3) is 9.53. The smallest absolute Gasteiger partial charge is 0.382 e. The molecule has 0 aliphatic heterocycles. The van der Waals surface area contributed by atoms with Crippen LogP contribution < -0.4 is 16.6 Å². The number of hydrogen-bond donors (Lipinski definition) is 3. The fourth-order valence-electron chi connectivity index (χ4n) is 0.847. The van der Waals surface area contributed by atoms with Crippen molar-refractivity contribution in [3.05, 3.63) is 0 Å². The van der Waals surface area contributed by atoms with Crippen LogP contribution in [0.2, 0.25) is 0 Å². The summed E-state index contributed by atoms with van der Waals surface area (Å²) in [6.07, 6.45) is -3.66. The van der Waals surface area contributed by atoms with Crippen molar-refractivity contribution >= 4 is 5.96 Å². The van der Waals surface area contributed by atoms with Gasteiger partial charge < -0.3 is 10.1 Å². The number of hydrogen-bond acceptors (Lipinski definition) is 3. The second-order valence-electron chi connectivity index (χ2n) is 2.90. The van der Waals surface area contributed by atoms with Gasteiger partial charge in [0.25, 0.3) is 0 Å². The summed E-state index contributed by atoms with van der Waals surface area (Å²) in [6, 6.07) is 0. The van der Waals surface area contributed by atoms with E-state index in [9.17, 15) is 13.2 Å². The Labute approximate surface area is 92.2 Å². The molecule has 0 saturated heterocycles. The van der Waals surface area contributed by atoms with Crippen LogP contribution in [-0.4, -0.2) is 38.4 Å². The molecular formula is C8H17F3N4O. The Hall–Kier alpha value is -1.02. The van der Waals surface area contributed by atoms with Gasteiger partial charge in [-0.25, -0.2) is 10.8 Å². The summed E-state index contributed by atoms with van der Waals surface area (Å²) in [5.41, 5.74) is 2.06. The molecule has 0 amide bonds. The van der Waals surface area contributed by atoms with Crippen LogP contribution in [0.25, 0.3) is 0 Å². The molecule has 0 aliphatic rings. The van der Waals surface area contributed by atoms with E-state index in [0.717, 1.165) is 0 Å². The average Bonchev–Trinajstić information content (AvgIpc) is 2.21. The van der Waals surface area contributed by atoms with Crippen molar-refractivity contribution in [3.8, 4) is 0 Å². The monoisotopic (exact) mass is 242 g/mol. The Morgan fingerprint density at radius 1 is 1.44 bits per heavy atom. The van der Waals surface area contributed by atoms with E-state index < -0.39 is 12.7 Å². The van der Waals surface area contributed by atoms with E-state index in [1.54, 1.807) is 0 Å². The van der Waals surface area contributed by atoms with E-state index >= 15 is 0 Å². The lowest BCUT2D eigenvalue weighted by Gasteiger charge is -2.09. The van der Waals surface area contributed by atoms with Gasteiger partial charge in [-0.15, -0.1) is 0 Å². The van der Waals surface area contributed by atoms with Crippen LogP contribution >= 0.6 is 0 Å². The Bertz CT molecular complexity index is 208. The van der Waals surface area contributed by atoms with E-state index in [0.29, 0.717) is 26.2 Å². The van der Waals surface area contributed by atoms with Gasteiger partial charge in [-0.3, -0.25) is 5.43 Å². The predicted molar refractivity (Wildman–Crippen MR) is 54.8 cm³/mol. The van der Waals surface area contributed by atoms with Gasteiger partial charge in [0, 0.05) is 19.8 Å². The molecule has 0 aromatic carbocycles. The summed E-state index contributed by atoms with van der Waals surface area (Å²) in [7, 11) is 0. The minimum atomic E-state index is -4.32. The number of alkyl halides is 3. The first-order valence-corrected chi connectivity index (χ1v) is 4.89. The zero-order chi connectivity index (χ0) is 12.4. The molecule has 96 valence electrons. The van der Waals surface area contributed by atoms with Crippen molar-refractivity contribution in [1.82, 2.24) is 10.7 Å². The van der Waals surface area contributed by atoms with Crippen molar-refractivity contribution in [3.63, 3.8) is 0 Å². The maximum Gasteiger partial charge on any atom is 0.408 e. The maximum atomic E-state index is 11.8. The van der Waals surface area contributed by atoms with Crippen LogP contribution in [0.15, 0.2) is 4.99 Å². The molecule has 0 bridgehead atoms. The highest BCUT2D eigenvalue weighted by molar-refractivity contribution is 5.79. The molecule has 8 heteroatoms. The molecule has 0 saturated carbocycles. The molecule has 4 N–H and O–H groups in total. The topological polar surface area (TPSA) is 71.7 Å². The minimum Gasteiger partial charge on any atom is -0.382 e.